The van der Waals surface area contributed by atoms with Crippen molar-refractivity contribution in [2.75, 3.05) is 5.32 Å². The van der Waals surface area contributed by atoms with Crippen LogP contribution in [0.1, 0.15) is 65.1 Å². The van der Waals surface area contributed by atoms with Crippen molar-refractivity contribution in [3.63, 3.8) is 0 Å². The summed E-state index contributed by atoms with van der Waals surface area (Å²) in [5.74, 6) is -1.17. The number of carbonyl (C=O) groups is 1. The van der Waals surface area contributed by atoms with E-state index in [1.54, 1.807) is 11.6 Å². The van der Waals surface area contributed by atoms with Crippen molar-refractivity contribution >= 4 is 23.2 Å². The number of nitrogens with one attached hydrogen (secondary N) is 1. The van der Waals surface area contributed by atoms with Crippen LogP contribution in [0.2, 0.25) is 5.02 Å². The van der Waals surface area contributed by atoms with Crippen LogP contribution in [0.3, 0.4) is 0 Å². The summed E-state index contributed by atoms with van der Waals surface area (Å²) < 4.78 is 56.0. The number of hydrogen-bond acceptors (Lipinski definition) is 5. The van der Waals surface area contributed by atoms with Crippen LogP contribution in [-0.2, 0) is 19.7 Å². The molecule has 0 aliphatic heterocycles. The molecule has 1 amide bonds. The smallest absolute Gasteiger partial charge is 0.385 e. The molecule has 204 valence electrons. The molecule has 2 fully saturated rings. The van der Waals surface area contributed by atoms with E-state index in [-0.39, 0.29) is 41.2 Å². The van der Waals surface area contributed by atoms with Gasteiger partial charge in [-0.1, -0.05) is 11.6 Å². The molecule has 0 bridgehead atoms. The van der Waals surface area contributed by atoms with Gasteiger partial charge < -0.3 is 20.1 Å². The van der Waals surface area contributed by atoms with E-state index in [2.05, 4.69) is 15.4 Å². The number of benzene rings is 1. The monoisotopic (exact) mass is 555 g/mol. The van der Waals surface area contributed by atoms with Crippen molar-refractivity contribution in [2.45, 2.75) is 49.5 Å². The van der Waals surface area contributed by atoms with Gasteiger partial charge in [0.15, 0.2) is 6.10 Å². The van der Waals surface area contributed by atoms with E-state index >= 15 is 0 Å². The Hall–Kier alpha value is -2.96. The molecule has 3 N–H and O–H groups in total. The summed E-state index contributed by atoms with van der Waals surface area (Å²) in [7, 11) is 3.13. The zero-order valence-corrected chi connectivity index (χ0v) is 21.3. The Morgan fingerprint density at radius 1 is 1.24 bits per heavy atom. The third-order valence-corrected chi connectivity index (χ3v) is 8.00. The number of imidazole rings is 1. The van der Waals surface area contributed by atoms with Crippen LogP contribution in [0.15, 0.2) is 30.7 Å². The summed E-state index contributed by atoms with van der Waals surface area (Å²) in [4.78, 5) is 17.6. The highest BCUT2D eigenvalue weighted by atomic mass is 35.5. The van der Waals surface area contributed by atoms with Gasteiger partial charge in [-0.05, 0) is 55.7 Å². The third kappa shape index (κ3) is 4.69. The van der Waals surface area contributed by atoms with Gasteiger partial charge in [-0.2, -0.15) is 18.3 Å². The number of aliphatic hydroxyl groups excluding tert-OH is 1. The third-order valence-electron chi connectivity index (χ3n) is 7.71. The lowest BCUT2D eigenvalue weighted by Gasteiger charge is -2.26. The number of aliphatic hydroxyl groups is 2. The Morgan fingerprint density at radius 3 is 2.50 bits per heavy atom. The Balaban J connectivity index is 1.33. The first-order valence-corrected chi connectivity index (χ1v) is 12.4. The molecule has 1 aromatic carbocycles. The molecule has 3 unspecified atom stereocenters. The standard InChI is InChI=1S/C25H26ClF4N5O3/c1-34-11-31-19(21(34)23(37)32-15-3-4-18(27)17(26)7-15)12-5-13-8-24(38,9-14(13)6-12)16-10-35(2)33-20(16)22(36)25(28,29)30/h3-4,7,10-14,22,36,38H,5-6,8-9H2,1-2H3,(H,32,37). The van der Waals surface area contributed by atoms with Crippen molar-refractivity contribution in [3.8, 4) is 0 Å². The average molecular weight is 556 g/mol. The molecule has 13 heteroatoms. The number of aryl methyl sites for hydroxylation is 2. The lowest BCUT2D eigenvalue weighted by Crippen LogP contribution is -2.28. The predicted molar refractivity (Wildman–Crippen MR) is 129 cm³/mol. The van der Waals surface area contributed by atoms with E-state index in [0.29, 0.717) is 29.9 Å². The zero-order chi connectivity index (χ0) is 27.6. The van der Waals surface area contributed by atoms with Crippen LogP contribution in [0.4, 0.5) is 23.2 Å². The Bertz CT molecular complexity index is 1370. The molecule has 5 rings (SSSR count). The van der Waals surface area contributed by atoms with Gasteiger partial charge in [0.05, 0.1) is 22.6 Å². The van der Waals surface area contributed by atoms with Crippen molar-refractivity contribution < 1.29 is 32.6 Å². The fourth-order valence-electron chi connectivity index (χ4n) is 6.12. The first-order valence-electron chi connectivity index (χ1n) is 12.1. The van der Waals surface area contributed by atoms with Crippen LogP contribution in [0.25, 0.3) is 0 Å². The maximum atomic E-state index is 13.5. The summed E-state index contributed by atoms with van der Waals surface area (Å²) in [6.45, 7) is 0. The van der Waals surface area contributed by atoms with Crippen molar-refractivity contribution in [1.29, 1.82) is 0 Å². The second kappa shape index (κ2) is 9.35. The first-order chi connectivity index (χ1) is 17.8. The highest BCUT2D eigenvalue weighted by molar-refractivity contribution is 6.31. The van der Waals surface area contributed by atoms with E-state index in [9.17, 15) is 32.6 Å². The number of hydrogen-bond donors (Lipinski definition) is 3. The van der Waals surface area contributed by atoms with Gasteiger partial charge in [-0.15, -0.1) is 0 Å². The van der Waals surface area contributed by atoms with Crippen LogP contribution >= 0.6 is 11.6 Å². The van der Waals surface area contributed by atoms with E-state index < -0.39 is 35.3 Å². The predicted octanol–water partition coefficient (Wildman–Crippen LogP) is 4.59. The Labute approximate surface area is 220 Å². The molecule has 2 aliphatic carbocycles. The largest absolute Gasteiger partial charge is 0.420 e. The summed E-state index contributed by atoms with van der Waals surface area (Å²) >= 11 is 5.82. The number of halogens is 5. The summed E-state index contributed by atoms with van der Waals surface area (Å²) in [6, 6.07) is 3.87. The molecule has 3 atom stereocenters. The van der Waals surface area contributed by atoms with E-state index in [1.807, 2.05) is 0 Å². The Morgan fingerprint density at radius 2 is 1.89 bits per heavy atom. The highest BCUT2D eigenvalue weighted by Gasteiger charge is 2.53. The molecule has 2 heterocycles. The van der Waals surface area contributed by atoms with Gasteiger partial charge in [0.1, 0.15) is 17.2 Å². The maximum absolute atomic E-state index is 13.5. The highest BCUT2D eigenvalue weighted by Crippen LogP contribution is 2.57. The average Bonchev–Trinajstić information content (AvgIpc) is 3.56. The summed E-state index contributed by atoms with van der Waals surface area (Å²) in [5, 5.41) is 27.7. The number of carbonyl (C=O) groups excluding carboxylic acids is 1. The van der Waals surface area contributed by atoms with Crippen LogP contribution in [0, 0.1) is 17.7 Å². The Kier molecular flexibility index (Phi) is 6.56. The molecule has 0 radical (unpaired) electrons. The lowest BCUT2D eigenvalue weighted by molar-refractivity contribution is -0.208. The molecular formula is C25H26ClF4N5O3. The molecule has 3 aromatic rings. The van der Waals surface area contributed by atoms with Crippen molar-refractivity contribution in [2.24, 2.45) is 25.9 Å². The van der Waals surface area contributed by atoms with Crippen LogP contribution in [0.5, 0.6) is 0 Å². The summed E-state index contributed by atoms with van der Waals surface area (Å²) in [6.07, 6.45) is -3.23. The summed E-state index contributed by atoms with van der Waals surface area (Å²) in [5.41, 5.74) is -0.882. The number of fused-ring (bicyclic) bond motifs is 1. The second-order valence-corrected chi connectivity index (χ2v) is 10.8. The van der Waals surface area contributed by atoms with Crippen LogP contribution in [-0.4, -0.2) is 41.6 Å². The second-order valence-electron chi connectivity index (χ2n) is 10.3. The quantitative estimate of drug-likeness (QED) is 0.400. The fraction of sp³-hybridized carbons (Fsp3) is 0.480. The SMILES string of the molecule is Cn1cc(C2(O)CC3CC(c4ncn(C)c4C(=O)Nc4ccc(F)c(Cl)c4)CC3C2)c(C(O)C(F)(F)F)n1. The van der Waals surface area contributed by atoms with Gasteiger partial charge in [-0.25, -0.2) is 9.37 Å². The molecule has 2 aromatic heterocycles. The number of alkyl halides is 3. The number of aromatic nitrogens is 4. The van der Waals surface area contributed by atoms with E-state index in [0.717, 1.165) is 6.07 Å². The zero-order valence-electron chi connectivity index (χ0n) is 20.5. The van der Waals surface area contributed by atoms with Crippen molar-refractivity contribution in [3.05, 3.63) is 64.2 Å². The van der Waals surface area contributed by atoms with Gasteiger partial charge in [0, 0.05) is 37.5 Å². The minimum atomic E-state index is -4.91. The first kappa shape index (κ1) is 26.6. The van der Waals surface area contributed by atoms with Gasteiger partial charge in [0.25, 0.3) is 5.91 Å². The molecule has 2 saturated carbocycles. The molecule has 2 aliphatic rings. The normalized spacial score (nSPS) is 26.0. The molecule has 0 saturated heterocycles. The fourth-order valence-corrected chi connectivity index (χ4v) is 6.30. The van der Waals surface area contributed by atoms with Crippen LogP contribution < -0.4 is 5.32 Å². The van der Waals surface area contributed by atoms with Gasteiger partial charge in [0.2, 0.25) is 0 Å². The van der Waals surface area contributed by atoms with Crippen molar-refractivity contribution in [1.82, 2.24) is 19.3 Å². The molecule has 8 nitrogen and oxygen atoms in total. The lowest BCUT2D eigenvalue weighted by atomic mass is 9.86. The number of anilines is 1. The maximum Gasteiger partial charge on any atom is 0.420 e. The molecular weight excluding hydrogens is 530 g/mol. The van der Waals surface area contributed by atoms with Gasteiger partial charge in [-0.3, -0.25) is 9.48 Å². The minimum absolute atomic E-state index is 0.00774. The number of rotatable bonds is 5. The molecule has 38 heavy (non-hydrogen) atoms. The van der Waals surface area contributed by atoms with E-state index in [4.69, 9.17) is 11.6 Å². The van der Waals surface area contributed by atoms with E-state index in [1.165, 1.54) is 36.4 Å². The topological polar surface area (TPSA) is 105 Å². The number of nitrogens with zero attached hydrogens (tertiary/aromatic N) is 4. The minimum Gasteiger partial charge on any atom is -0.385 e. The molecule has 0 spiro atoms. The van der Waals surface area contributed by atoms with Gasteiger partial charge >= 0.3 is 6.18 Å². The number of amides is 1.